The van der Waals surface area contributed by atoms with Crippen LogP contribution >= 0.6 is 11.6 Å². The van der Waals surface area contributed by atoms with Gasteiger partial charge in [-0.25, -0.2) is 9.37 Å². The van der Waals surface area contributed by atoms with Gasteiger partial charge in [0.1, 0.15) is 11.6 Å². The Hall–Kier alpha value is -3.51. The second-order valence-electron chi connectivity index (χ2n) is 7.60. The average molecular weight is 464 g/mol. The van der Waals surface area contributed by atoms with Gasteiger partial charge >= 0.3 is 0 Å². The monoisotopic (exact) mass is 463 g/mol. The van der Waals surface area contributed by atoms with Gasteiger partial charge in [0.2, 0.25) is 0 Å². The Morgan fingerprint density at radius 3 is 2.36 bits per heavy atom. The molecule has 33 heavy (non-hydrogen) atoms. The van der Waals surface area contributed by atoms with E-state index in [4.69, 9.17) is 16.6 Å². The van der Waals surface area contributed by atoms with Gasteiger partial charge in [-0.2, -0.15) is 0 Å². The fourth-order valence-electron chi connectivity index (χ4n) is 4.05. The van der Waals surface area contributed by atoms with E-state index in [1.54, 1.807) is 59.5 Å². The molecule has 0 saturated heterocycles. The molecule has 168 valence electrons. The Morgan fingerprint density at radius 2 is 1.70 bits per heavy atom. The van der Waals surface area contributed by atoms with Gasteiger partial charge in [0.25, 0.3) is 11.5 Å². The lowest BCUT2D eigenvalue weighted by atomic mass is 10.1. The van der Waals surface area contributed by atoms with Crippen molar-refractivity contribution in [2.75, 3.05) is 6.54 Å². The molecule has 0 aliphatic rings. The molecule has 7 heteroatoms. The number of nitrogens with zero attached hydrogens (tertiary/aromatic N) is 3. The van der Waals surface area contributed by atoms with Crippen LogP contribution < -0.4 is 5.56 Å². The van der Waals surface area contributed by atoms with Gasteiger partial charge in [0, 0.05) is 11.6 Å². The highest BCUT2D eigenvalue weighted by Gasteiger charge is 2.29. The topological polar surface area (TPSA) is 55.2 Å². The van der Waals surface area contributed by atoms with Crippen molar-refractivity contribution in [3.05, 3.63) is 105 Å². The maximum absolute atomic E-state index is 14.4. The van der Waals surface area contributed by atoms with Crippen molar-refractivity contribution in [2.45, 2.75) is 26.3 Å². The molecule has 0 N–H and O–H groups in total. The van der Waals surface area contributed by atoms with Crippen LogP contribution in [0.5, 0.6) is 0 Å². The third kappa shape index (κ3) is 4.26. The summed E-state index contributed by atoms with van der Waals surface area (Å²) >= 11 is 6.07. The summed E-state index contributed by atoms with van der Waals surface area (Å²) in [5, 5.41) is 1.01. The third-order valence-electron chi connectivity index (χ3n) is 5.65. The van der Waals surface area contributed by atoms with E-state index in [9.17, 15) is 14.0 Å². The molecule has 0 radical (unpaired) electrons. The van der Waals surface area contributed by atoms with E-state index in [1.807, 2.05) is 19.9 Å². The molecule has 0 fully saturated rings. The molecule has 1 atom stereocenters. The molecule has 1 aromatic heterocycles. The number of hydrogen-bond donors (Lipinski definition) is 0. The average Bonchev–Trinajstić information content (AvgIpc) is 2.83. The van der Waals surface area contributed by atoms with Crippen LogP contribution in [0.2, 0.25) is 5.02 Å². The van der Waals surface area contributed by atoms with Crippen LogP contribution in [0.3, 0.4) is 0 Å². The van der Waals surface area contributed by atoms with Gasteiger partial charge in [0.15, 0.2) is 0 Å². The lowest BCUT2D eigenvalue weighted by molar-refractivity contribution is 0.0667. The predicted octanol–water partition coefficient (Wildman–Crippen LogP) is 5.79. The van der Waals surface area contributed by atoms with Crippen molar-refractivity contribution in [3.8, 4) is 5.69 Å². The van der Waals surface area contributed by atoms with Crippen LogP contribution in [0, 0.1) is 5.82 Å². The molecular formula is C26H23ClFN3O2. The van der Waals surface area contributed by atoms with Gasteiger partial charge in [-0.15, -0.1) is 0 Å². The third-order valence-corrected chi connectivity index (χ3v) is 5.91. The summed E-state index contributed by atoms with van der Waals surface area (Å²) < 4.78 is 15.9. The Balaban J connectivity index is 1.95. The number of hydrogen-bond acceptors (Lipinski definition) is 3. The highest BCUT2D eigenvalue weighted by Crippen LogP contribution is 2.28. The van der Waals surface area contributed by atoms with Crippen molar-refractivity contribution in [1.29, 1.82) is 0 Å². The molecule has 1 amide bonds. The molecule has 0 bridgehead atoms. The smallest absolute Gasteiger partial charge is 0.266 e. The lowest BCUT2D eigenvalue weighted by Gasteiger charge is -2.31. The maximum Gasteiger partial charge on any atom is 0.266 e. The minimum absolute atomic E-state index is 0.0148. The number of carbonyl (C=O) groups excluding carboxylic acids is 1. The number of carbonyl (C=O) groups is 1. The fourth-order valence-corrected chi connectivity index (χ4v) is 4.18. The number of benzene rings is 3. The number of halogens is 2. The molecule has 0 saturated carbocycles. The van der Waals surface area contributed by atoms with Gasteiger partial charge in [-0.05, 0) is 61.9 Å². The normalized spacial score (nSPS) is 12.0. The van der Waals surface area contributed by atoms with Crippen molar-refractivity contribution in [1.82, 2.24) is 14.5 Å². The van der Waals surface area contributed by atoms with E-state index in [0.717, 1.165) is 0 Å². The van der Waals surface area contributed by atoms with E-state index in [1.165, 1.54) is 16.7 Å². The fraction of sp³-hybridized carbons (Fsp3) is 0.192. The van der Waals surface area contributed by atoms with Gasteiger partial charge in [-0.1, -0.05) is 42.8 Å². The van der Waals surface area contributed by atoms with Crippen molar-refractivity contribution in [3.63, 3.8) is 0 Å². The van der Waals surface area contributed by atoms with Crippen molar-refractivity contribution >= 4 is 28.4 Å². The largest absolute Gasteiger partial charge is 0.329 e. The Labute approximate surface area is 196 Å². The van der Waals surface area contributed by atoms with Crippen LogP contribution in [0.15, 0.2) is 77.6 Å². The van der Waals surface area contributed by atoms with E-state index in [0.29, 0.717) is 40.4 Å². The van der Waals surface area contributed by atoms with Crippen LogP contribution in [0.4, 0.5) is 4.39 Å². The van der Waals surface area contributed by atoms with Gasteiger partial charge in [0.05, 0.1) is 28.2 Å². The van der Waals surface area contributed by atoms with E-state index < -0.39 is 17.8 Å². The summed E-state index contributed by atoms with van der Waals surface area (Å²) in [6.45, 7) is 4.05. The van der Waals surface area contributed by atoms with Crippen molar-refractivity contribution < 1.29 is 9.18 Å². The molecule has 4 rings (SSSR count). The standard InChI is InChI=1S/C26H23ClFN3O2/c1-3-23(30(4-2)25(32)19-9-5-7-11-21(19)28)24-29-22-12-8-6-10-20(22)26(33)31(24)18-15-13-17(27)14-16-18/h5-16,23H,3-4H2,1-2H3. The van der Waals surface area contributed by atoms with Crippen LogP contribution in [-0.2, 0) is 0 Å². The Kier molecular flexibility index (Phi) is 6.56. The molecule has 1 heterocycles. The van der Waals surface area contributed by atoms with Gasteiger partial charge in [-0.3, -0.25) is 14.2 Å². The molecular weight excluding hydrogens is 441 g/mol. The number of aromatic nitrogens is 2. The Bertz CT molecular complexity index is 1370. The van der Waals surface area contributed by atoms with Crippen LogP contribution in [0.1, 0.15) is 42.5 Å². The first-order chi connectivity index (χ1) is 16.0. The van der Waals surface area contributed by atoms with Crippen LogP contribution in [-0.4, -0.2) is 26.9 Å². The Morgan fingerprint density at radius 1 is 1.03 bits per heavy atom. The second-order valence-corrected chi connectivity index (χ2v) is 8.04. The number of fused-ring (bicyclic) bond motifs is 1. The zero-order valence-electron chi connectivity index (χ0n) is 18.3. The summed E-state index contributed by atoms with van der Waals surface area (Å²) in [5.74, 6) is -0.625. The summed E-state index contributed by atoms with van der Waals surface area (Å²) in [4.78, 5) is 33.3. The molecule has 0 spiro atoms. The highest BCUT2D eigenvalue weighted by atomic mass is 35.5. The quantitative estimate of drug-likeness (QED) is 0.363. The summed E-state index contributed by atoms with van der Waals surface area (Å²) in [5.41, 5.74) is 0.866. The second kappa shape index (κ2) is 9.55. The summed E-state index contributed by atoms with van der Waals surface area (Å²) in [6, 6.07) is 19.3. The number of para-hydroxylation sites is 1. The summed E-state index contributed by atoms with van der Waals surface area (Å²) in [7, 11) is 0. The SMILES string of the molecule is CCC(c1nc2ccccc2c(=O)n1-c1ccc(Cl)cc1)N(CC)C(=O)c1ccccc1F. The zero-order valence-corrected chi connectivity index (χ0v) is 19.1. The molecule has 4 aromatic rings. The number of amides is 1. The highest BCUT2D eigenvalue weighted by molar-refractivity contribution is 6.30. The molecule has 5 nitrogen and oxygen atoms in total. The number of rotatable bonds is 6. The molecule has 0 aliphatic heterocycles. The first kappa shape index (κ1) is 22.7. The van der Waals surface area contributed by atoms with E-state index in [2.05, 4.69) is 0 Å². The lowest BCUT2D eigenvalue weighted by Crippen LogP contribution is -2.38. The van der Waals surface area contributed by atoms with Gasteiger partial charge < -0.3 is 4.90 Å². The molecule has 3 aromatic carbocycles. The van der Waals surface area contributed by atoms with Crippen molar-refractivity contribution in [2.24, 2.45) is 0 Å². The maximum atomic E-state index is 14.4. The minimum Gasteiger partial charge on any atom is -0.329 e. The van der Waals surface area contributed by atoms with Crippen LogP contribution in [0.25, 0.3) is 16.6 Å². The summed E-state index contributed by atoms with van der Waals surface area (Å²) in [6.07, 6.45) is 0.479. The predicted molar refractivity (Wildman–Crippen MR) is 128 cm³/mol. The minimum atomic E-state index is -0.586. The molecule has 1 unspecified atom stereocenters. The van der Waals surface area contributed by atoms with E-state index >= 15 is 0 Å². The first-order valence-corrected chi connectivity index (χ1v) is 11.2. The van der Waals surface area contributed by atoms with E-state index in [-0.39, 0.29) is 11.1 Å². The molecule has 0 aliphatic carbocycles. The zero-order chi connectivity index (χ0) is 23.5. The first-order valence-electron chi connectivity index (χ1n) is 10.8.